The monoisotopic (exact) mass is 383 g/mol. The summed E-state index contributed by atoms with van der Waals surface area (Å²) in [4.78, 5) is 28.1. The van der Waals surface area contributed by atoms with E-state index in [1.165, 1.54) is 23.8 Å². The molecule has 0 aliphatic rings. The van der Waals surface area contributed by atoms with Crippen molar-refractivity contribution in [2.24, 2.45) is 0 Å². The van der Waals surface area contributed by atoms with Gasteiger partial charge >= 0.3 is 0 Å². The van der Waals surface area contributed by atoms with Gasteiger partial charge in [0.2, 0.25) is 0 Å². The van der Waals surface area contributed by atoms with E-state index in [1.54, 1.807) is 42.5 Å². The standard InChI is InChI=1S/C19H14FN3O3S/c20-14-7-3-2-6-13(14)19-21-11-16(27-19)18(25)22-15-8-4-1-5-12(15)9-10-17(24)23-26/h1-11,26H,(H,22,25)(H,23,24). The van der Waals surface area contributed by atoms with Gasteiger partial charge in [0.25, 0.3) is 11.8 Å². The number of nitrogens with one attached hydrogen (secondary N) is 2. The number of aromatic nitrogens is 1. The molecule has 1 aromatic heterocycles. The van der Waals surface area contributed by atoms with E-state index in [-0.39, 0.29) is 0 Å². The highest BCUT2D eigenvalue weighted by atomic mass is 32.1. The highest BCUT2D eigenvalue weighted by molar-refractivity contribution is 7.17. The number of thiazole rings is 1. The van der Waals surface area contributed by atoms with Crippen molar-refractivity contribution in [3.63, 3.8) is 0 Å². The summed E-state index contributed by atoms with van der Waals surface area (Å²) in [5.74, 6) is -1.49. The number of anilines is 1. The fourth-order valence-electron chi connectivity index (χ4n) is 2.28. The Morgan fingerprint density at radius 1 is 1.11 bits per heavy atom. The van der Waals surface area contributed by atoms with E-state index in [2.05, 4.69) is 10.3 Å². The smallest absolute Gasteiger partial charge is 0.267 e. The van der Waals surface area contributed by atoms with Gasteiger partial charge in [-0.15, -0.1) is 11.3 Å². The zero-order valence-corrected chi connectivity index (χ0v) is 14.7. The summed E-state index contributed by atoms with van der Waals surface area (Å²) in [7, 11) is 0. The second kappa shape index (κ2) is 8.35. The molecule has 3 aromatic rings. The Balaban J connectivity index is 1.80. The summed E-state index contributed by atoms with van der Waals surface area (Å²) in [6, 6.07) is 13.1. The SMILES string of the molecule is O=C(C=Cc1ccccc1NC(=O)c1cnc(-c2ccccc2F)s1)NO. The minimum atomic E-state index is -0.687. The molecule has 0 unspecified atom stereocenters. The van der Waals surface area contributed by atoms with E-state index in [0.717, 1.165) is 17.4 Å². The minimum Gasteiger partial charge on any atom is -0.321 e. The van der Waals surface area contributed by atoms with Gasteiger partial charge in [-0.3, -0.25) is 14.8 Å². The van der Waals surface area contributed by atoms with Crippen molar-refractivity contribution in [3.8, 4) is 10.6 Å². The summed E-state index contributed by atoms with van der Waals surface area (Å²) in [5, 5.41) is 11.7. The van der Waals surface area contributed by atoms with Gasteiger partial charge < -0.3 is 5.32 Å². The zero-order chi connectivity index (χ0) is 19.2. The van der Waals surface area contributed by atoms with Crippen molar-refractivity contribution in [1.82, 2.24) is 10.5 Å². The molecule has 2 aromatic carbocycles. The Bertz CT molecular complexity index is 1020. The lowest BCUT2D eigenvalue weighted by Gasteiger charge is -2.07. The fraction of sp³-hybridized carbons (Fsp3) is 0. The third-order valence-corrected chi connectivity index (χ3v) is 4.60. The second-order valence-corrected chi connectivity index (χ2v) is 6.39. The van der Waals surface area contributed by atoms with Crippen LogP contribution in [0.4, 0.5) is 10.1 Å². The lowest BCUT2D eigenvalue weighted by atomic mass is 10.1. The Morgan fingerprint density at radius 2 is 1.85 bits per heavy atom. The molecule has 0 fully saturated rings. The van der Waals surface area contributed by atoms with Crippen LogP contribution in [0.1, 0.15) is 15.2 Å². The number of para-hydroxylation sites is 1. The van der Waals surface area contributed by atoms with E-state index in [9.17, 15) is 14.0 Å². The highest BCUT2D eigenvalue weighted by Gasteiger charge is 2.15. The van der Waals surface area contributed by atoms with Crippen LogP contribution in [-0.4, -0.2) is 22.0 Å². The number of rotatable bonds is 5. The van der Waals surface area contributed by atoms with E-state index in [0.29, 0.717) is 26.7 Å². The first-order chi connectivity index (χ1) is 13.1. The molecule has 136 valence electrons. The molecule has 0 aliphatic carbocycles. The van der Waals surface area contributed by atoms with Crippen LogP contribution in [0.2, 0.25) is 0 Å². The molecule has 0 saturated carbocycles. The highest BCUT2D eigenvalue weighted by Crippen LogP contribution is 2.28. The summed E-state index contributed by atoms with van der Waals surface area (Å²) >= 11 is 1.08. The number of halogens is 1. The Hall–Kier alpha value is -3.36. The van der Waals surface area contributed by atoms with Crippen molar-refractivity contribution >= 4 is 34.9 Å². The zero-order valence-electron chi connectivity index (χ0n) is 13.8. The number of hydrogen-bond donors (Lipinski definition) is 3. The third kappa shape index (κ3) is 4.43. The summed E-state index contributed by atoms with van der Waals surface area (Å²) in [5.41, 5.74) is 2.88. The van der Waals surface area contributed by atoms with E-state index in [4.69, 9.17) is 5.21 Å². The first kappa shape index (κ1) is 18.4. The lowest BCUT2D eigenvalue weighted by Crippen LogP contribution is -2.15. The van der Waals surface area contributed by atoms with Gasteiger partial charge in [0.05, 0.1) is 6.20 Å². The first-order valence-corrected chi connectivity index (χ1v) is 8.63. The largest absolute Gasteiger partial charge is 0.321 e. The average molecular weight is 383 g/mol. The quantitative estimate of drug-likeness (QED) is 0.356. The van der Waals surface area contributed by atoms with Crippen LogP contribution in [0.5, 0.6) is 0 Å². The van der Waals surface area contributed by atoms with Crippen molar-refractivity contribution < 1.29 is 19.2 Å². The molecule has 8 heteroatoms. The van der Waals surface area contributed by atoms with Crippen molar-refractivity contribution in [2.45, 2.75) is 0 Å². The van der Waals surface area contributed by atoms with Gasteiger partial charge in [-0.2, -0.15) is 0 Å². The number of carbonyl (C=O) groups excluding carboxylic acids is 2. The molecule has 0 atom stereocenters. The third-order valence-electron chi connectivity index (χ3n) is 3.57. The van der Waals surface area contributed by atoms with Gasteiger partial charge in [0, 0.05) is 17.3 Å². The van der Waals surface area contributed by atoms with Gasteiger partial charge in [-0.05, 0) is 29.8 Å². The van der Waals surface area contributed by atoms with E-state index in [1.807, 2.05) is 0 Å². The second-order valence-electron chi connectivity index (χ2n) is 5.36. The molecule has 0 bridgehead atoms. The van der Waals surface area contributed by atoms with Crippen molar-refractivity contribution in [2.75, 3.05) is 5.32 Å². The number of benzene rings is 2. The van der Waals surface area contributed by atoms with E-state index < -0.39 is 17.6 Å². The maximum absolute atomic E-state index is 13.9. The van der Waals surface area contributed by atoms with Crippen LogP contribution < -0.4 is 10.8 Å². The number of amides is 2. The van der Waals surface area contributed by atoms with Crippen molar-refractivity contribution in [1.29, 1.82) is 0 Å². The van der Waals surface area contributed by atoms with Crippen LogP contribution in [0, 0.1) is 5.82 Å². The molecule has 27 heavy (non-hydrogen) atoms. The Morgan fingerprint density at radius 3 is 2.63 bits per heavy atom. The molecule has 6 nitrogen and oxygen atoms in total. The normalized spacial score (nSPS) is 10.7. The molecule has 0 aliphatic heterocycles. The summed E-state index contributed by atoms with van der Waals surface area (Å²) < 4.78 is 13.9. The van der Waals surface area contributed by atoms with Gasteiger partial charge in [0.1, 0.15) is 15.7 Å². The maximum Gasteiger partial charge on any atom is 0.267 e. The molecule has 1 heterocycles. The lowest BCUT2D eigenvalue weighted by molar-refractivity contribution is -0.124. The van der Waals surface area contributed by atoms with Crippen LogP contribution in [0.25, 0.3) is 16.6 Å². The molecule has 3 rings (SSSR count). The molecular weight excluding hydrogens is 369 g/mol. The molecule has 3 N–H and O–H groups in total. The van der Waals surface area contributed by atoms with Gasteiger partial charge in [-0.25, -0.2) is 14.9 Å². The topological polar surface area (TPSA) is 91.3 Å². The van der Waals surface area contributed by atoms with Gasteiger partial charge in [-0.1, -0.05) is 30.3 Å². The number of hydroxylamine groups is 1. The molecule has 2 amide bonds. The Kier molecular flexibility index (Phi) is 5.70. The predicted molar refractivity (Wildman–Crippen MR) is 101 cm³/mol. The molecular formula is C19H14FN3O3S. The summed E-state index contributed by atoms with van der Waals surface area (Å²) in [6.45, 7) is 0. The molecule has 0 saturated heterocycles. The van der Waals surface area contributed by atoms with Gasteiger partial charge in [0.15, 0.2) is 0 Å². The summed E-state index contributed by atoms with van der Waals surface area (Å²) in [6.07, 6.45) is 3.98. The van der Waals surface area contributed by atoms with Crippen LogP contribution in [0.15, 0.2) is 60.8 Å². The minimum absolute atomic E-state index is 0.320. The number of hydrogen-bond acceptors (Lipinski definition) is 5. The molecule has 0 spiro atoms. The maximum atomic E-state index is 13.9. The first-order valence-electron chi connectivity index (χ1n) is 7.81. The Labute approximate surface area is 158 Å². The average Bonchev–Trinajstić information content (AvgIpc) is 3.17. The number of carbonyl (C=O) groups is 2. The predicted octanol–water partition coefficient (Wildman–Crippen LogP) is 3.72. The van der Waals surface area contributed by atoms with Crippen LogP contribution in [-0.2, 0) is 4.79 Å². The van der Waals surface area contributed by atoms with E-state index >= 15 is 0 Å². The van der Waals surface area contributed by atoms with Crippen LogP contribution >= 0.6 is 11.3 Å². The fourth-order valence-corrected chi connectivity index (χ4v) is 3.12. The molecule has 0 radical (unpaired) electrons. The number of nitrogens with zero attached hydrogens (tertiary/aromatic N) is 1. The van der Waals surface area contributed by atoms with Crippen molar-refractivity contribution in [3.05, 3.63) is 77.1 Å². The van der Waals surface area contributed by atoms with Crippen LogP contribution in [0.3, 0.4) is 0 Å².